The highest BCUT2D eigenvalue weighted by atomic mass is 16.5. The van der Waals surface area contributed by atoms with E-state index in [1.54, 1.807) is 0 Å². The second-order valence-corrected chi connectivity index (χ2v) is 16.1. The van der Waals surface area contributed by atoms with Crippen molar-refractivity contribution in [2.24, 2.45) is 0 Å². The smallest absolute Gasteiger partial charge is 0.305 e. The zero-order chi connectivity index (χ0) is 39.4. The highest BCUT2D eigenvalue weighted by Gasteiger charge is 2.19. The lowest BCUT2D eigenvalue weighted by molar-refractivity contribution is -0.143. The Kier molecular flexibility index (Phi) is 42.7. The second kappa shape index (κ2) is 44.1. The van der Waals surface area contributed by atoms with E-state index >= 15 is 0 Å². The first kappa shape index (κ1) is 52.3. The summed E-state index contributed by atoms with van der Waals surface area (Å²) in [5.41, 5.74) is 0. The first-order chi connectivity index (χ1) is 26.5. The summed E-state index contributed by atoms with van der Waals surface area (Å²) >= 11 is 0. The van der Waals surface area contributed by atoms with Crippen LogP contribution in [-0.4, -0.2) is 47.4 Å². The Morgan fingerprint density at radius 3 is 1.39 bits per heavy atom. The number of amides is 1. The average molecular weight is 762 g/mol. The standard InChI is InChI=1S/C48H91NO5/c1-3-5-7-9-11-13-15-17-18-19-20-21-24-28-32-36-40-46(51)45(44-50)49-47(52)41-37-33-29-25-23-27-31-35-39-43-54-48(53)42-38-34-30-26-22-16-14-12-10-8-6-4-2/h12,14,25,29,45-46,50-51H,3-11,13,15-24,26-28,30-44H2,1-2H3,(H,49,52)/b14-12-,29-25-. The van der Waals surface area contributed by atoms with Crippen LogP contribution in [0.3, 0.4) is 0 Å². The molecule has 0 bridgehead atoms. The molecule has 0 fully saturated rings. The van der Waals surface area contributed by atoms with E-state index in [-0.39, 0.29) is 18.5 Å². The molecule has 0 aromatic rings. The van der Waals surface area contributed by atoms with Crippen molar-refractivity contribution in [1.29, 1.82) is 0 Å². The SMILES string of the molecule is CCCCC/C=C\CCCCCCCC(=O)OCCCCCC/C=C\CCCC(=O)NC(CO)C(O)CCCCCCCCCCCCCCCCCC. The van der Waals surface area contributed by atoms with Crippen molar-refractivity contribution in [3.05, 3.63) is 24.3 Å². The normalized spacial score (nSPS) is 12.9. The molecule has 318 valence electrons. The number of nitrogens with one attached hydrogen (secondary N) is 1. The molecule has 2 unspecified atom stereocenters. The molecule has 6 nitrogen and oxygen atoms in total. The van der Waals surface area contributed by atoms with E-state index in [4.69, 9.17) is 4.74 Å². The van der Waals surface area contributed by atoms with Crippen LogP contribution >= 0.6 is 0 Å². The molecule has 0 spiro atoms. The molecule has 0 aliphatic heterocycles. The lowest BCUT2D eigenvalue weighted by Crippen LogP contribution is -2.45. The molecule has 0 radical (unpaired) electrons. The van der Waals surface area contributed by atoms with Crippen LogP contribution in [0.5, 0.6) is 0 Å². The zero-order valence-electron chi connectivity index (χ0n) is 36.0. The molecule has 3 N–H and O–H groups in total. The molecular formula is C48H91NO5. The maximum Gasteiger partial charge on any atom is 0.305 e. The van der Waals surface area contributed by atoms with E-state index in [2.05, 4.69) is 43.5 Å². The van der Waals surface area contributed by atoms with Crippen LogP contribution in [-0.2, 0) is 14.3 Å². The minimum Gasteiger partial charge on any atom is -0.466 e. The van der Waals surface area contributed by atoms with Gasteiger partial charge in [0.1, 0.15) is 0 Å². The minimum absolute atomic E-state index is 0.0461. The number of allylic oxidation sites excluding steroid dienone is 4. The lowest BCUT2D eigenvalue weighted by Gasteiger charge is -2.22. The van der Waals surface area contributed by atoms with Gasteiger partial charge in [0.25, 0.3) is 0 Å². The van der Waals surface area contributed by atoms with Crippen LogP contribution in [0.4, 0.5) is 0 Å². The van der Waals surface area contributed by atoms with Crippen molar-refractivity contribution < 1.29 is 24.5 Å². The third-order valence-electron chi connectivity index (χ3n) is 10.7. The molecule has 0 aliphatic rings. The van der Waals surface area contributed by atoms with E-state index in [0.29, 0.717) is 25.9 Å². The summed E-state index contributed by atoms with van der Waals surface area (Å²) in [5, 5.41) is 23.1. The first-order valence-corrected chi connectivity index (χ1v) is 23.6. The number of ether oxygens (including phenoxy) is 1. The summed E-state index contributed by atoms with van der Waals surface area (Å²) in [5.74, 6) is -0.142. The van der Waals surface area contributed by atoms with Gasteiger partial charge in [0.05, 0.1) is 25.4 Å². The summed E-state index contributed by atoms with van der Waals surface area (Å²) in [7, 11) is 0. The Hall–Kier alpha value is -1.66. The third-order valence-corrected chi connectivity index (χ3v) is 10.7. The molecule has 0 saturated carbocycles. The molecule has 2 atom stereocenters. The molecule has 0 heterocycles. The number of esters is 1. The molecule has 0 aliphatic carbocycles. The van der Waals surface area contributed by atoms with Crippen LogP contribution in [0.1, 0.15) is 245 Å². The lowest BCUT2D eigenvalue weighted by atomic mass is 10.0. The van der Waals surface area contributed by atoms with Crippen LogP contribution in [0.2, 0.25) is 0 Å². The maximum atomic E-state index is 12.4. The summed E-state index contributed by atoms with van der Waals surface area (Å²) in [6, 6.07) is -0.578. The third kappa shape index (κ3) is 40.0. The van der Waals surface area contributed by atoms with Crippen LogP contribution in [0.25, 0.3) is 0 Å². The average Bonchev–Trinajstić information content (AvgIpc) is 3.17. The van der Waals surface area contributed by atoms with Crippen molar-refractivity contribution >= 4 is 11.9 Å². The first-order valence-electron chi connectivity index (χ1n) is 23.6. The van der Waals surface area contributed by atoms with Crippen molar-refractivity contribution in [2.75, 3.05) is 13.2 Å². The molecule has 0 aromatic heterocycles. The second-order valence-electron chi connectivity index (χ2n) is 16.1. The fraction of sp³-hybridized carbons (Fsp3) is 0.875. The number of rotatable bonds is 43. The van der Waals surface area contributed by atoms with E-state index in [1.807, 2.05) is 0 Å². The summed E-state index contributed by atoms with van der Waals surface area (Å²) in [4.78, 5) is 24.4. The van der Waals surface area contributed by atoms with Crippen LogP contribution in [0, 0.1) is 0 Å². The molecule has 1 amide bonds. The fourth-order valence-corrected chi connectivity index (χ4v) is 7.05. The van der Waals surface area contributed by atoms with E-state index < -0.39 is 12.1 Å². The van der Waals surface area contributed by atoms with Gasteiger partial charge in [-0.15, -0.1) is 0 Å². The number of carbonyl (C=O) groups excluding carboxylic acids is 2. The van der Waals surface area contributed by atoms with Gasteiger partial charge in [-0.25, -0.2) is 0 Å². The Bertz CT molecular complexity index is 843. The quantitative estimate of drug-likeness (QED) is 0.0327. The zero-order valence-corrected chi connectivity index (χ0v) is 36.0. The highest BCUT2D eigenvalue weighted by molar-refractivity contribution is 5.76. The predicted octanol–water partition coefficient (Wildman–Crippen LogP) is 13.6. The van der Waals surface area contributed by atoms with Crippen molar-refractivity contribution in [1.82, 2.24) is 5.32 Å². The fourth-order valence-electron chi connectivity index (χ4n) is 7.05. The van der Waals surface area contributed by atoms with Gasteiger partial charge in [0, 0.05) is 12.8 Å². The molecule has 0 aromatic carbocycles. The summed E-state index contributed by atoms with van der Waals surface area (Å²) in [6.07, 6.45) is 50.0. The number of hydrogen-bond acceptors (Lipinski definition) is 5. The van der Waals surface area contributed by atoms with Gasteiger partial charge in [-0.2, -0.15) is 0 Å². The van der Waals surface area contributed by atoms with Crippen molar-refractivity contribution in [3.63, 3.8) is 0 Å². The molecular weight excluding hydrogens is 671 g/mol. The molecule has 0 rings (SSSR count). The largest absolute Gasteiger partial charge is 0.466 e. The van der Waals surface area contributed by atoms with Gasteiger partial charge in [0.15, 0.2) is 0 Å². The number of aliphatic hydroxyl groups is 2. The Morgan fingerprint density at radius 1 is 0.500 bits per heavy atom. The van der Waals surface area contributed by atoms with Gasteiger partial charge in [-0.1, -0.05) is 186 Å². The molecule has 6 heteroatoms. The molecule has 54 heavy (non-hydrogen) atoms. The Morgan fingerprint density at radius 2 is 0.889 bits per heavy atom. The number of hydrogen-bond donors (Lipinski definition) is 3. The monoisotopic (exact) mass is 762 g/mol. The summed E-state index contributed by atoms with van der Waals surface area (Å²) < 4.78 is 5.41. The van der Waals surface area contributed by atoms with E-state index in [9.17, 15) is 19.8 Å². The minimum atomic E-state index is -0.694. The van der Waals surface area contributed by atoms with Gasteiger partial charge in [-0.05, 0) is 70.6 Å². The Balaban J connectivity index is 3.57. The van der Waals surface area contributed by atoms with Gasteiger partial charge in [-0.3, -0.25) is 9.59 Å². The van der Waals surface area contributed by atoms with Crippen molar-refractivity contribution in [3.8, 4) is 0 Å². The van der Waals surface area contributed by atoms with Crippen molar-refractivity contribution in [2.45, 2.75) is 257 Å². The van der Waals surface area contributed by atoms with Gasteiger partial charge >= 0.3 is 5.97 Å². The highest BCUT2D eigenvalue weighted by Crippen LogP contribution is 2.16. The topological polar surface area (TPSA) is 95.9 Å². The number of aliphatic hydroxyl groups excluding tert-OH is 2. The van der Waals surface area contributed by atoms with Crippen LogP contribution < -0.4 is 5.32 Å². The number of unbranched alkanes of at least 4 members (excludes halogenated alkanes) is 28. The predicted molar refractivity (Wildman–Crippen MR) is 232 cm³/mol. The molecule has 0 saturated heterocycles. The van der Waals surface area contributed by atoms with E-state index in [1.165, 1.54) is 141 Å². The summed E-state index contributed by atoms with van der Waals surface area (Å²) in [6.45, 7) is 4.83. The van der Waals surface area contributed by atoms with Gasteiger partial charge < -0.3 is 20.3 Å². The Labute approximate surface area is 335 Å². The number of carbonyl (C=O) groups is 2. The van der Waals surface area contributed by atoms with E-state index in [0.717, 1.165) is 70.6 Å². The maximum absolute atomic E-state index is 12.4. The van der Waals surface area contributed by atoms with Crippen LogP contribution in [0.15, 0.2) is 24.3 Å². The van der Waals surface area contributed by atoms with Gasteiger partial charge in [0.2, 0.25) is 5.91 Å².